The average Bonchev–Trinajstić information content (AvgIpc) is 3.76. The predicted octanol–water partition coefficient (Wildman–Crippen LogP) is 3.94. The average molecular weight is 884 g/mol. The number of phenolic OH excluding ortho intramolecular Hbond substituents is 1. The Hall–Kier alpha value is -7.11. The molecule has 330 valence electrons. The fourth-order valence-corrected chi connectivity index (χ4v) is 6.44. The largest absolute Gasteiger partial charge is 0.507 e. The molecule has 3 aromatic carbocycles. The number of rotatable bonds is 25. The van der Waals surface area contributed by atoms with E-state index in [9.17, 15) is 23.1 Å². The molecular formula is C41H45N11O10S. The van der Waals surface area contributed by atoms with Crippen LogP contribution in [0, 0.1) is 0 Å². The summed E-state index contributed by atoms with van der Waals surface area (Å²) < 4.78 is 55.3. The van der Waals surface area contributed by atoms with Crippen molar-refractivity contribution in [3.05, 3.63) is 114 Å². The van der Waals surface area contributed by atoms with Gasteiger partial charge in [0, 0.05) is 19.3 Å². The van der Waals surface area contributed by atoms with Crippen molar-refractivity contribution < 1.29 is 46.8 Å². The molecule has 22 heteroatoms. The number of nitrogens with two attached hydrogens (primary N) is 1. The minimum atomic E-state index is -3.85. The molecule has 0 aliphatic heterocycles. The highest BCUT2D eigenvalue weighted by molar-refractivity contribution is 7.92. The van der Waals surface area contributed by atoms with Crippen LogP contribution >= 0.6 is 0 Å². The summed E-state index contributed by atoms with van der Waals surface area (Å²) in [6, 6.07) is 22.4. The third-order valence-electron chi connectivity index (χ3n) is 8.60. The summed E-state index contributed by atoms with van der Waals surface area (Å²) in [4.78, 5) is 44.1. The van der Waals surface area contributed by atoms with E-state index in [0.717, 1.165) is 11.1 Å². The molecule has 0 fully saturated rings. The Morgan fingerprint density at radius 1 is 0.762 bits per heavy atom. The SMILES string of the molecule is Nc1nc(OCc2ccc(CNC(=O)COCCOCCOCCOCCNC(=O)c3cc(N=Nc4ccc(S(=O)(=O)Nc5ccccn5)cc4)ccc3O)cc2)c2[nH]cnc2n1. The van der Waals surface area contributed by atoms with Gasteiger partial charge in [-0.05, 0) is 65.7 Å². The Kier molecular flexibility index (Phi) is 16.7. The molecule has 6 aromatic rings. The minimum Gasteiger partial charge on any atom is -0.507 e. The second-order valence-electron chi connectivity index (χ2n) is 13.2. The van der Waals surface area contributed by atoms with Crippen molar-refractivity contribution >= 4 is 56.1 Å². The second-order valence-corrected chi connectivity index (χ2v) is 14.9. The number of azo groups is 1. The highest BCUT2D eigenvalue weighted by Gasteiger charge is 2.16. The second kappa shape index (κ2) is 23.2. The van der Waals surface area contributed by atoms with E-state index in [1.54, 1.807) is 12.1 Å². The first-order chi connectivity index (χ1) is 30.6. The van der Waals surface area contributed by atoms with Gasteiger partial charge in [-0.2, -0.15) is 20.2 Å². The number of aromatic nitrogens is 5. The van der Waals surface area contributed by atoms with Crippen LogP contribution < -0.4 is 25.8 Å². The number of nitrogens with zero attached hydrogens (tertiary/aromatic N) is 6. The lowest BCUT2D eigenvalue weighted by atomic mass is 10.1. The number of hydrogen-bond acceptors (Lipinski definition) is 17. The number of nitrogen functional groups attached to an aromatic ring is 1. The zero-order chi connectivity index (χ0) is 44.3. The highest BCUT2D eigenvalue weighted by atomic mass is 32.2. The molecular weight excluding hydrogens is 839 g/mol. The van der Waals surface area contributed by atoms with Crippen LogP contribution in [-0.4, -0.2) is 110 Å². The first-order valence-electron chi connectivity index (χ1n) is 19.4. The Morgan fingerprint density at radius 3 is 2.17 bits per heavy atom. The molecule has 6 rings (SSSR count). The van der Waals surface area contributed by atoms with Crippen molar-refractivity contribution in [3.8, 4) is 11.6 Å². The van der Waals surface area contributed by atoms with Crippen LogP contribution in [0.25, 0.3) is 11.2 Å². The summed E-state index contributed by atoms with van der Waals surface area (Å²) in [5.74, 6) is -0.445. The first kappa shape index (κ1) is 45.4. The van der Waals surface area contributed by atoms with Crippen molar-refractivity contribution in [2.24, 2.45) is 10.2 Å². The molecule has 0 radical (unpaired) electrons. The van der Waals surface area contributed by atoms with Gasteiger partial charge in [0.2, 0.25) is 17.7 Å². The third-order valence-corrected chi connectivity index (χ3v) is 9.97. The van der Waals surface area contributed by atoms with Crippen LogP contribution in [0.2, 0.25) is 0 Å². The van der Waals surface area contributed by atoms with Crippen LogP contribution in [-0.2, 0) is 46.9 Å². The molecule has 0 saturated carbocycles. The molecule has 0 aliphatic carbocycles. The Labute approximate surface area is 361 Å². The van der Waals surface area contributed by atoms with Crippen molar-refractivity contribution in [2.75, 3.05) is 69.9 Å². The number of ether oxygens (including phenoxy) is 5. The molecule has 0 saturated heterocycles. The lowest BCUT2D eigenvalue weighted by Gasteiger charge is -2.09. The number of benzene rings is 3. The fourth-order valence-electron chi connectivity index (χ4n) is 5.44. The maximum Gasteiger partial charge on any atom is 0.263 e. The van der Waals surface area contributed by atoms with Crippen molar-refractivity contribution in [1.82, 2.24) is 35.6 Å². The van der Waals surface area contributed by atoms with Gasteiger partial charge in [-0.15, -0.1) is 0 Å². The van der Waals surface area contributed by atoms with Crippen LogP contribution in [0.5, 0.6) is 11.6 Å². The number of hydrogen-bond donors (Lipinski definition) is 6. The number of nitrogens with one attached hydrogen (secondary N) is 4. The van der Waals surface area contributed by atoms with E-state index in [4.69, 9.17) is 29.4 Å². The molecule has 0 bridgehead atoms. The fraction of sp³-hybridized carbons (Fsp3) is 0.268. The van der Waals surface area contributed by atoms with Crippen molar-refractivity contribution in [2.45, 2.75) is 18.0 Å². The monoisotopic (exact) mass is 883 g/mol. The number of fused-ring (bicyclic) bond motifs is 1. The topological polar surface area (TPSA) is 289 Å². The summed E-state index contributed by atoms with van der Waals surface area (Å²) in [6.07, 6.45) is 2.97. The molecule has 63 heavy (non-hydrogen) atoms. The van der Waals surface area contributed by atoms with E-state index in [0.29, 0.717) is 61.4 Å². The van der Waals surface area contributed by atoms with Crippen LogP contribution in [0.1, 0.15) is 21.5 Å². The molecule has 0 aliphatic rings. The van der Waals surface area contributed by atoms with Gasteiger partial charge in [-0.25, -0.2) is 18.4 Å². The van der Waals surface area contributed by atoms with Gasteiger partial charge in [0.05, 0.1) is 74.4 Å². The number of aromatic amines is 1. The number of H-pyrrole nitrogens is 1. The van der Waals surface area contributed by atoms with E-state index >= 15 is 0 Å². The van der Waals surface area contributed by atoms with Crippen molar-refractivity contribution in [3.63, 3.8) is 0 Å². The Morgan fingerprint density at radius 2 is 1.44 bits per heavy atom. The van der Waals surface area contributed by atoms with Gasteiger partial charge in [0.1, 0.15) is 30.3 Å². The van der Waals surface area contributed by atoms with E-state index in [1.165, 1.54) is 61.1 Å². The standard InChI is InChI=1S/C41H45N11O10S/c42-41-48-38-37(46-27-47-38)40(49-41)62-25-29-6-4-28(5-7-29)24-45-36(54)26-61-22-21-60-20-19-59-18-17-58-16-15-44-39(55)33-23-31(10-13-34(33)53)51-50-30-8-11-32(12-9-30)63(56,57)52-35-3-1-2-14-43-35/h1-14,23,27,53H,15-22,24-26H2,(H,43,52)(H,44,55)(H,45,54)(H3,42,46,47,48,49). The number of anilines is 2. The van der Waals surface area contributed by atoms with Gasteiger partial charge in [0.25, 0.3) is 15.9 Å². The van der Waals surface area contributed by atoms with E-state index in [1.807, 2.05) is 24.3 Å². The number of pyridine rings is 1. The van der Waals surface area contributed by atoms with Gasteiger partial charge in [-0.3, -0.25) is 14.3 Å². The van der Waals surface area contributed by atoms with Crippen LogP contribution in [0.4, 0.5) is 23.1 Å². The van der Waals surface area contributed by atoms with Crippen LogP contribution in [0.15, 0.2) is 113 Å². The maximum absolute atomic E-state index is 12.7. The molecule has 21 nitrogen and oxygen atoms in total. The van der Waals surface area contributed by atoms with Gasteiger partial charge >= 0.3 is 0 Å². The number of imidazole rings is 1. The van der Waals surface area contributed by atoms with Crippen molar-refractivity contribution in [1.29, 1.82) is 0 Å². The summed E-state index contributed by atoms with van der Waals surface area (Å²) >= 11 is 0. The molecule has 0 spiro atoms. The first-order valence-corrected chi connectivity index (χ1v) is 20.9. The van der Waals surface area contributed by atoms with Gasteiger partial charge in [-0.1, -0.05) is 30.3 Å². The zero-order valence-corrected chi connectivity index (χ0v) is 34.6. The number of amides is 2. The highest BCUT2D eigenvalue weighted by Crippen LogP contribution is 2.26. The zero-order valence-electron chi connectivity index (χ0n) is 33.8. The lowest BCUT2D eigenvalue weighted by molar-refractivity contribution is -0.126. The van der Waals surface area contributed by atoms with E-state index in [2.05, 4.69) is 50.5 Å². The summed E-state index contributed by atoms with van der Waals surface area (Å²) in [5, 5.41) is 24.0. The molecule has 3 aromatic heterocycles. The number of phenols is 1. The van der Waals surface area contributed by atoms with E-state index < -0.39 is 15.9 Å². The molecule has 2 amide bonds. The Bertz CT molecular complexity index is 2550. The lowest BCUT2D eigenvalue weighted by Crippen LogP contribution is -2.28. The molecule has 0 unspecified atom stereocenters. The smallest absolute Gasteiger partial charge is 0.263 e. The molecule has 3 heterocycles. The number of carbonyl (C=O) groups excluding carboxylic acids is 2. The van der Waals surface area contributed by atoms with E-state index in [-0.39, 0.29) is 73.5 Å². The summed E-state index contributed by atoms with van der Waals surface area (Å²) in [7, 11) is -3.85. The quantitative estimate of drug-likeness (QED) is 0.0351. The summed E-state index contributed by atoms with van der Waals surface area (Å²) in [5.41, 5.74) is 9.19. The molecule has 7 N–H and O–H groups in total. The predicted molar refractivity (Wildman–Crippen MR) is 228 cm³/mol. The maximum atomic E-state index is 12.7. The van der Waals surface area contributed by atoms with Crippen LogP contribution in [0.3, 0.4) is 0 Å². The minimum absolute atomic E-state index is 0.00334. The number of sulfonamides is 1. The number of aromatic hydroxyl groups is 1. The number of carbonyl (C=O) groups is 2. The Balaban J connectivity index is 0.755. The third kappa shape index (κ3) is 14.5. The van der Waals surface area contributed by atoms with Gasteiger partial charge < -0.3 is 50.1 Å². The molecule has 0 atom stereocenters. The summed E-state index contributed by atoms with van der Waals surface area (Å²) in [6.45, 7) is 2.68. The normalized spacial score (nSPS) is 11.5. The van der Waals surface area contributed by atoms with Gasteiger partial charge in [0.15, 0.2) is 5.65 Å².